The molecule has 0 spiro atoms. The van der Waals surface area contributed by atoms with Gasteiger partial charge in [-0.3, -0.25) is 0 Å². The van der Waals surface area contributed by atoms with Crippen LogP contribution < -0.4 is 4.74 Å². The number of rotatable bonds is 8. The molecule has 1 aliphatic heterocycles. The summed E-state index contributed by atoms with van der Waals surface area (Å²) in [6.45, 7) is 11.7. The van der Waals surface area contributed by atoms with Crippen LogP contribution in [0.4, 0.5) is 0 Å². The summed E-state index contributed by atoms with van der Waals surface area (Å²) in [7, 11) is -3.52. The van der Waals surface area contributed by atoms with E-state index in [1.165, 1.54) is 10.9 Å². The number of aromatic nitrogens is 2. The van der Waals surface area contributed by atoms with Crippen LogP contribution in [0.2, 0.25) is 0 Å². The largest absolute Gasteiger partial charge is 0.491 e. The first kappa shape index (κ1) is 23.5. The van der Waals surface area contributed by atoms with Crippen molar-refractivity contribution in [2.45, 2.75) is 63.5 Å². The SMILES string of the molecule is C=CCc1ccc2c(C3CCN(S(=O)(=O)c4ccc(OC(C)C)cc4)CC3)cn(CC)c2n1. The Morgan fingerprint density at radius 3 is 2.45 bits per heavy atom. The number of hydrogen-bond donors (Lipinski definition) is 0. The lowest BCUT2D eigenvalue weighted by atomic mass is 9.90. The number of sulfonamides is 1. The Hall–Kier alpha value is -2.64. The number of aryl methyl sites for hydroxylation is 1. The third-order valence-corrected chi connectivity index (χ3v) is 8.14. The molecule has 1 aromatic carbocycles. The van der Waals surface area contributed by atoms with E-state index in [2.05, 4.69) is 36.4 Å². The first-order chi connectivity index (χ1) is 15.8. The van der Waals surface area contributed by atoms with Gasteiger partial charge in [0.15, 0.2) is 0 Å². The number of ether oxygens (including phenoxy) is 1. The summed E-state index contributed by atoms with van der Waals surface area (Å²) in [5.74, 6) is 1.00. The Balaban J connectivity index is 1.50. The van der Waals surface area contributed by atoms with Crippen LogP contribution in [0, 0.1) is 0 Å². The molecule has 176 valence electrons. The topological polar surface area (TPSA) is 64.4 Å². The summed E-state index contributed by atoms with van der Waals surface area (Å²) in [4.78, 5) is 5.16. The zero-order valence-electron chi connectivity index (χ0n) is 19.7. The van der Waals surface area contributed by atoms with Crippen molar-refractivity contribution in [3.8, 4) is 5.75 Å². The predicted molar refractivity (Wildman–Crippen MR) is 132 cm³/mol. The van der Waals surface area contributed by atoms with Crippen LogP contribution in [0.5, 0.6) is 5.75 Å². The zero-order chi connectivity index (χ0) is 23.6. The number of pyridine rings is 1. The molecule has 2 aromatic heterocycles. The molecule has 6 nitrogen and oxygen atoms in total. The van der Waals surface area contributed by atoms with Gasteiger partial charge in [0.2, 0.25) is 10.0 Å². The molecule has 0 amide bonds. The standard InChI is InChI=1S/C26H33N3O3S/c1-5-7-21-8-13-24-25(18-28(6-2)26(24)27-21)20-14-16-29(17-15-20)33(30,31)23-11-9-22(10-12-23)32-19(3)4/h5,8-13,18-20H,1,6-7,14-17H2,2-4H3. The normalized spacial score (nSPS) is 15.9. The molecule has 0 bridgehead atoms. The van der Waals surface area contributed by atoms with Crippen LogP contribution in [-0.4, -0.2) is 41.5 Å². The molecule has 0 radical (unpaired) electrons. The van der Waals surface area contributed by atoms with Crippen molar-refractivity contribution in [3.05, 3.63) is 66.5 Å². The second kappa shape index (κ2) is 9.69. The van der Waals surface area contributed by atoms with Gasteiger partial charge in [0.25, 0.3) is 0 Å². The van der Waals surface area contributed by atoms with Gasteiger partial charge in [-0.25, -0.2) is 13.4 Å². The van der Waals surface area contributed by atoms with Gasteiger partial charge in [0.05, 0.1) is 11.0 Å². The molecule has 0 saturated carbocycles. The second-order valence-corrected chi connectivity index (χ2v) is 10.8. The molecule has 0 N–H and O–H groups in total. The van der Waals surface area contributed by atoms with Gasteiger partial charge in [-0.1, -0.05) is 6.08 Å². The lowest BCUT2D eigenvalue weighted by molar-refractivity contribution is 0.242. The summed E-state index contributed by atoms with van der Waals surface area (Å²) >= 11 is 0. The van der Waals surface area contributed by atoms with E-state index in [9.17, 15) is 8.42 Å². The lowest BCUT2D eigenvalue weighted by Crippen LogP contribution is -2.37. The molecule has 1 fully saturated rings. The third kappa shape index (κ3) is 4.84. The number of piperidine rings is 1. The Labute approximate surface area is 196 Å². The van der Waals surface area contributed by atoms with E-state index < -0.39 is 10.0 Å². The predicted octanol–water partition coefficient (Wildman–Crippen LogP) is 5.14. The van der Waals surface area contributed by atoms with Crippen molar-refractivity contribution < 1.29 is 13.2 Å². The maximum absolute atomic E-state index is 13.2. The Morgan fingerprint density at radius 2 is 1.85 bits per heavy atom. The van der Waals surface area contributed by atoms with E-state index in [1.54, 1.807) is 28.6 Å². The van der Waals surface area contributed by atoms with E-state index in [4.69, 9.17) is 9.72 Å². The maximum Gasteiger partial charge on any atom is 0.243 e. The van der Waals surface area contributed by atoms with Crippen molar-refractivity contribution in [1.82, 2.24) is 13.9 Å². The molecule has 33 heavy (non-hydrogen) atoms. The minimum absolute atomic E-state index is 0.0499. The first-order valence-electron chi connectivity index (χ1n) is 11.7. The Bertz CT molecular complexity index is 1220. The van der Waals surface area contributed by atoms with Gasteiger partial charge in [-0.15, -0.1) is 6.58 Å². The molecule has 1 saturated heterocycles. The quantitative estimate of drug-likeness (QED) is 0.430. The van der Waals surface area contributed by atoms with E-state index in [0.717, 1.165) is 37.1 Å². The second-order valence-electron chi connectivity index (χ2n) is 8.85. The molecule has 3 heterocycles. The average Bonchev–Trinajstić information content (AvgIpc) is 3.17. The summed E-state index contributed by atoms with van der Waals surface area (Å²) < 4.78 is 35.8. The smallest absolute Gasteiger partial charge is 0.243 e. The highest BCUT2D eigenvalue weighted by molar-refractivity contribution is 7.89. The maximum atomic E-state index is 13.2. The van der Waals surface area contributed by atoms with Gasteiger partial charge in [0.1, 0.15) is 11.4 Å². The fourth-order valence-electron chi connectivity index (χ4n) is 4.58. The number of fused-ring (bicyclic) bond motifs is 1. The monoisotopic (exact) mass is 467 g/mol. The van der Waals surface area contributed by atoms with Crippen molar-refractivity contribution in [2.24, 2.45) is 0 Å². The minimum atomic E-state index is -3.52. The molecule has 7 heteroatoms. The van der Waals surface area contributed by atoms with Gasteiger partial charge >= 0.3 is 0 Å². The average molecular weight is 468 g/mol. The van der Waals surface area contributed by atoms with Crippen molar-refractivity contribution >= 4 is 21.1 Å². The van der Waals surface area contributed by atoms with Crippen molar-refractivity contribution in [1.29, 1.82) is 0 Å². The van der Waals surface area contributed by atoms with Crippen LogP contribution in [0.25, 0.3) is 11.0 Å². The van der Waals surface area contributed by atoms with Crippen LogP contribution in [-0.2, 0) is 23.0 Å². The van der Waals surface area contributed by atoms with E-state index in [0.29, 0.717) is 29.7 Å². The Morgan fingerprint density at radius 1 is 1.15 bits per heavy atom. The summed E-state index contributed by atoms with van der Waals surface area (Å²) in [6.07, 6.45) is 6.47. The number of hydrogen-bond acceptors (Lipinski definition) is 4. The first-order valence-corrected chi connectivity index (χ1v) is 13.1. The Kier molecular flexibility index (Phi) is 6.91. The molecular weight excluding hydrogens is 434 g/mol. The number of benzene rings is 1. The molecule has 4 rings (SSSR count). The molecule has 3 aromatic rings. The van der Waals surface area contributed by atoms with E-state index in [-0.39, 0.29) is 6.10 Å². The highest BCUT2D eigenvalue weighted by Gasteiger charge is 2.31. The van der Waals surface area contributed by atoms with Gasteiger partial charge in [-0.2, -0.15) is 4.31 Å². The summed E-state index contributed by atoms with van der Waals surface area (Å²) in [5, 5.41) is 1.17. The van der Waals surface area contributed by atoms with E-state index >= 15 is 0 Å². The minimum Gasteiger partial charge on any atom is -0.491 e. The van der Waals surface area contributed by atoms with Crippen molar-refractivity contribution in [2.75, 3.05) is 13.1 Å². The van der Waals surface area contributed by atoms with Gasteiger partial charge in [0, 0.05) is 43.3 Å². The van der Waals surface area contributed by atoms with Crippen LogP contribution >= 0.6 is 0 Å². The molecule has 0 unspecified atom stereocenters. The number of allylic oxidation sites excluding steroid dienone is 1. The molecule has 1 aliphatic rings. The highest BCUT2D eigenvalue weighted by atomic mass is 32.2. The fourth-order valence-corrected chi connectivity index (χ4v) is 6.05. The van der Waals surface area contributed by atoms with Crippen LogP contribution in [0.1, 0.15) is 50.8 Å². The van der Waals surface area contributed by atoms with Gasteiger partial charge in [-0.05, 0) is 81.5 Å². The van der Waals surface area contributed by atoms with Crippen molar-refractivity contribution in [3.63, 3.8) is 0 Å². The highest BCUT2D eigenvalue weighted by Crippen LogP contribution is 2.35. The molecular formula is C26H33N3O3S. The van der Waals surface area contributed by atoms with Crippen LogP contribution in [0.3, 0.4) is 0 Å². The van der Waals surface area contributed by atoms with Crippen LogP contribution in [0.15, 0.2) is 60.1 Å². The molecule has 0 atom stereocenters. The lowest BCUT2D eigenvalue weighted by Gasteiger charge is -2.31. The summed E-state index contributed by atoms with van der Waals surface area (Å²) in [6, 6.07) is 11.0. The van der Waals surface area contributed by atoms with E-state index in [1.807, 2.05) is 19.9 Å². The van der Waals surface area contributed by atoms with Gasteiger partial charge < -0.3 is 9.30 Å². The fraction of sp³-hybridized carbons (Fsp3) is 0.423. The third-order valence-electron chi connectivity index (χ3n) is 6.23. The number of nitrogens with zero attached hydrogens (tertiary/aromatic N) is 3. The zero-order valence-corrected chi connectivity index (χ0v) is 20.5. The summed E-state index contributed by atoms with van der Waals surface area (Å²) in [5.41, 5.74) is 3.30. The molecule has 0 aliphatic carbocycles.